The number of carbonyl (C=O) groups excluding carboxylic acids is 1. The average Bonchev–Trinajstić information content (AvgIpc) is 2.86. The van der Waals surface area contributed by atoms with Gasteiger partial charge in [-0.25, -0.2) is 0 Å². The maximum Gasteiger partial charge on any atom is 0.253 e. The Morgan fingerprint density at radius 1 is 0.839 bits per heavy atom. The second-order valence-electron chi connectivity index (χ2n) is 8.26. The number of benzene rings is 2. The van der Waals surface area contributed by atoms with Gasteiger partial charge in [0.1, 0.15) is 0 Å². The Hall–Kier alpha value is -3.02. The van der Waals surface area contributed by atoms with E-state index < -0.39 is 0 Å². The molecule has 0 bridgehead atoms. The van der Waals surface area contributed by atoms with Gasteiger partial charge in [0.15, 0.2) is 5.96 Å². The maximum atomic E-state index is 12.6. The van der Waals surface area contributed by atoms with Crippen molar-refractivity contribution in [3.63, 3.8) is 0 Å². The number of piperidine rings is 1. The number of hydrogen-bond acceptors (Lipinski definition) is 3. The minimum Gasteiger partial charge on any atom is -0.368 e. The van der Waals surface area contributed by atoms with Crippen molar-refractivity contribution in [3.8, 4) is 0 Å². The number of nitrogens with one attached hydrogen (secondary N) is 1. The topological polar surface area (TPSA) is 51.2 Å². The molecular weight excluding hydrogens is 386 g/mol. The molecule has 1 amide bonds. The van der Waals surface area contributed by atoms with E-state index in [0.717, 1.165) is 69.2 Å². The molecule has 0 aliphatic carbocycles. The predicted octanol–water partition coefficient (Wildman–Crippen LogP) is 3.21. The van der Waals surface area contributed by atoms with Crippen molar-refractivity contribution >= 4 is 17.6 Å². The van der Waals surface area contributed by atoms with Crippen LogP contribution in [0.15, 0.2) is 59.6 Å². The Morgan fingerprint density at radius 3 is 2.16 bits per heavy atom. The molecule has 2 aliphatic heterocycles. The Kier molecular flexibility index (Phi) is 7.07. The van der Waals surface area contributed by atoms with Gasteiger partial charge in [-0.05, 0) is 49.1 Å². The minimum absolute atomic E-state index is 0.159. The molecule has 2 aromatic carbocycles. The Morgan fingerprint density at radius 2 is 1.52 bits per heavy atom. The molecule has 31 heavy (non-hydrogen) atoms. The molecule has 0 atom stereocenters. The summed E-state index contributed by atoms with van der Waals surface area (Å²) in [5.41, 5.74) is 3.22. The molecule has 0 radical (unpaired) electrons. The highest BCUT2D eigenvalue weighted by Crippen LogP contribution is 2.16. The summed E-state index contributed by atoms with van der Waals surface area (Å²) in [5, 5.41) is 3.48. The van der Waals surface area contributed by atoms with Crippen molar-refractivity contribution < 1.29 is 4.79 Å². The van der Waals surface area contributed by atoms with Gasteiger partial charge >= 0.3 is 0 Å². The van der Waals surface area contributed by atoms with Crippen molar-refractivity contribution in [1.29, 1.82) is 0 Å². The third-order valence-corrected chi connectivity index (χ3v) is 6.21. The first-order chi connectivity index (χ1) is 15.2. The SMILES string of the molecule is CN=C(NCc1ccc(C(=O)N2CCCCC2)cc1)N1CCN(c2ccccc2)CC1. The molecule has 2 saturated heterocycles. The highest BCUT2D eigenvalue weighted by Gasteiger charge is 2.20. The summed E-state index contributed by atoms with van der Waals surface area (Å²) in [6, 6.07) is 18.6. The minimum atomic E-state index is 0.159. The summed E-state index contributed by atoms with van der Waals surface area (Å²) in [5.74, 6) is 1.09. The first-order valence-electron chi connectivity index (χ1n) is 11.4. The first kappa shape index (κ1) is 21.2. The van der Waals surface area contributed by atoms with Crippen molar-refractivity contribution in [2.24, 2.45) is 4.99 Å². The van der Waals surface area contributed by atoms with E-state index in [-0.39, 0.29) is 5.91 Å². The third-order valence-electron chi connectivity index (χ3n) is 6.21. The fourth-order valence-electron chi connectivity index (χ4n) is 4.37. The zero-order chi connectivity index (χ0) is 21.5. The number of carbonyl (C=O) groups is 1. The monoisotopic (exact) mass is 419 g/mol. The molecule has 4 rings (SSSR count). The van der Waals surface area contributed by atoms with E-state index in [1.165, 1.54) is 12.1 Å². The van der Waals surface area contributed by atoms with Gasteiger partial charge in [0.25, 0.3) is 5.91 Å². The quantitative estimate of drug-likeness (QED) is 0.611. The third kappa shape index (κ3) is 5.37. The first-order valence-corrected chi connectivity index (χ1v) is 11.4. The van der Waals surface area contributed by atoms with E-state index in [0.29, 0.717) is 6.54 Å². The molecule has 0 aromatic heterocycles. The summed E-state index contributed by atoms with van der Waals surface area (Å²) >= 11 is 0. The predicted molar refractivity (Wildman–Crippen MR) is 127 cm³/mol. The molecule has 2 heterocycles. The van der Waals surface area contributed by atoms with E-state index in [2.05, 4.69) is 50.4 Å². The number of para-hydroxylation sites is 1. The zero-order valence-electron chi connectivity index (χ0n) is 18.5. The number of rotatable bonds is 4. The van der Waals surface area contributed by atoms with Crippen LogP contribution in [0.2, 0.25) is 0 Å². The van der Waals surface area contributed by atoms with Crippen molar-refractivity contribution in [2.75, 3.05) is 51.2 Å². The summed E-state index contributed by atoms with van der Waals surface area (Å²) < 4.78 is 0. The van der Waals surface area contributed by atoms with Crippen LogP contribution in [0.5, 0.6) is 0 Å². The van der Waals surface area contributed by atoms with Crippen LogP contribution in [-0.4, -0.2) is 68.0 Å². The molecular formula is C25H33N5O. The summed E-state index contributed by atoms with van der Waals surface area (Å²) in [7, 11) is 1.84. The average molecular weight is 420 g/mol. The van der Waals surface area contributed by atoms with E-state index in [9.17, 15) is 4.79 Å². The lowest BCUT2D eigenvalue weighted by atomic mass is 10.1. The highest BCUT2D eigenvalue weighted by atomic mass is 16.2. The number of likely N-dealkylation sites (tertiary alicyclic amines) is 1. The molecule has 164 valence electrons. The van der Waals surface area contributed by atoms with Gasteiger partial charge in [-0.1, -0.05) is 30.3 Å². The van der Waals surface area contributed by atoms with E-state index in [1.807, 2.05) is 36.2 Å². The number of hydrogen-bond donors (Lipinski definition) is 1. The number of guanidine groups is 1. The van der Waals surface area contributed by atoms with Crippen LogP contribution >= 0.6 is 0 Å². The van der Waals surface area contributed by atoms with Crippen LogP contribution in [0.4, 0.5) is 5.69 Å². The van der Waals surface area contributed by atoms with Gasteiger partial charge in [0.2, 0.25) is 0 Å². The van der Waals surface area contributed by atoms with Crippen LogP contribution < -0.4 is 10.2 Å². The normalized spacial score (nSPS) is 17.6. The molecule has 0 unspecified atom stereocenters. The highest BCUT2D eigenvalue weighted by molar-refractivity contribution is 5.94. The van der Waals surface area contributed by atoms with Crippen LogP contribution in [0.25, 0.3) is 0 Å². The molecule has 6 heteroatoms. The number of amides is 1. The molecule has 2 fully saturated rings. The zero-order valence-corrected chi connectivity index (χ0v) is 18.5. The number of aliphatic imine (C=N–C) groups is 1. The largest absolute Gasteiger partial charge is 0.368 e. The molecule has 2 aliphatic rings. The Bertz CT molecular complexity index is 867. The molecule has 0 saturated carbocycles. The van der Waals surface area contributed by atoms with Gasteiger partial charge in [-0.3, -0.25) is 9.79 Å². The van der Waals surface area contributed by atoms with E-state index in [4.69, 9.17) is 0 Å². The standard InChI is InChI=1S/C25H33N5O/c1-26-25(30-18-16-28(17-19-30)23-8-4-2-5-9-23)27-20-21-10-12-22(13-11-21)24(31)29-14-6-3-7-15-29/h2,4-5,8-13H,3,6-7,14-20H2,1H3,(H,26,27). The van der Waals surface area contributed by atoms with E-state index >= 15 is 0 Å². The smallest absolute Gasteiger partial charge is 0.253 e. The van der Waals surface area contributed by atoms with Gasteiger partial charge in [-0.15, -0.1) is 0 Å². The second kappa shape index (κ2) is 10.3. The van der Waals surface area contributed by atoms with Gasteiger partial charge in [0.05, 0.1) is 0 Å². The van der Waals surface area contributed by atoms with Gasteiger partial charge in [0, 0.05) is 64.1 Å². The summed E-state index contributed by atoms with van der Waals surface area (Å²) in [6.07, 6.45) is 3.47. The van der Waals surface area contributed by atoms with Crippen LogP contribution in [0.3, 0.4) is 0 Å². The lowest BCUT2D eigenvalue weighted by Gasteiger charge is -2.37. The van der Waals surface area contributed by atoms with E-state index in [1.54, 1.807) is 0 Å². The number of piperazine rings is 1. The summed E-state index contributed by atoms with van der Waals surface area (Å²) in [6.45, 7) is 6.32. The molecule has 1 N–H and O–H groups in total. The van der Waals surface area contributed by atoms with Gasteiger partial charge < -0.3 is 20.0 Å². The Labute approximate surface area is 185 Å². The second-order valence-corrected chi connectivity index (χ2v) is 8.26. The van der Waals surface area contributed by atoms with Crippen LogP contribution in [0, 0.1) is 0 Å². The fourth-order valence-corrected chi connectivity index (χ4v) is 4.37. The molecule has 2 aromatic rings. The lowest BCUT2D eigenvalue weighted by Crippen LogP contribution is -2.52. The fraction of sp³-hybridized carbons (Fsp3) is 0.440. The van der Waals surface area contributed by atoms with Gasteiger partial charge in [-0.2, -0.15) is 0 Å². The van der Waals surface area contributed by atoms with Crippen molar-refractivity contribution in [1.82, 2.24) is 15.1 Å². The maximum absolute atomic E-state index is 12.6. The lowest BCUT2D eigenvalue weighted by molar-refractivity contribution is 0.0724. The summed E-state index contributed by atoms with van der Waals surface area (Å²) in [4.78, 5) is 23.8. The number of anilines is 1. The number of nitrogens with zero attached hydrogens (tertiary/aromatic N) is 4. The molecule has 0 spiro atoms. The Balaban J connectivity index is 1.27. The van der Waals surface area contributed by atoms with Crippen molar-refractivity contribution in [2.45, 2.75) is 25.8 Å². The van der Waals surface area contributed by atoms with Crippen molar-refractivity contribution in [3.05, 3.63) is 65.7 Å². The molecule has 6 nitrogen and oxygen atoms in total. The van der Waals surface area contributed by atoms with Crippen LogP contribution in [-0.2, 0) is 6.54 Å². The van der Waals surface area contributed by atoms with Crippen LogP contribution in [0.1, 0.15) is 35.2 Å².